The lowest BCUT2D eigenvalue weighted by atomic mass is 10.2. The molecule has 0 unspecified atom stereocenters. The molecule has 4 nitrogen and oxygen atoms in total. The van der Waals surface area contributed by atoms with E-state index in [4.69, 9.17) is 5.73 Å². The molecule has 0 fully saturated rings. The number of halogens is 1. The van der Waals surface area contributed by atoms with Crippen LogP contribution in [0.3, 0.4) is 0 Å². The van der Waals surface area contributed by atoms with Crippen molar-refractivity contribution in [2.24, 2.45) is 0 Å². The van der Waals surface area contributed by atoms with Crippen molar-refractivity contribution >= 4 is 44.0 Å². The van der Waals surface area contributed by atoms with E-state index in [-0.39, 0.29) is 5.91 Å². The van der Waals surface area contributed by atoms with Crippen molar-refractivity contribution in [1.29, 1.82) is 0 Å². The van der Waals surface area contributed by atoms with Crippen molar-refractivity contribution in [3.05, 3.63) is 39.3 Å². The molecule has 0 saturated heterocycles. The van der Waals surface area contributed by atoms with Crippen LogP contribution in [-0.2, 0) is 0 Å². The second-order valence-electron chi connectivity index (χ2n) is 3.44. The minimum atomic E-state index is -0.251. The van der Waals surface area contributed by atoms with E-state index in [2.05, 4.69) is 26.2 Å². The van der Waals surface area contributed by atoms with Crippen LogP contribution < -0.4 is 11.1 Å². The molecule has 1 aromatic heterocycles. The predicted molar refractivity (Wildman–Crippen MR) is 73.4 cm³/mol. The Bertz CT molecular complexity index is 568. The van der Waals surface area contributed by atoms with Gasteiger partial charge in [-0.3, -0.25) is 4.79 Å². The molecular formula is C11H10BrN3OS. The first-order chi connectivity index (χ1) is 8.08. The maximum absolute atomic E-state index is 11.9. The Morgan fingerprint density at radius 1 is 1.53 bits per heavy atom. The molecule has 0 aliphatic rings. The number of nitrogens with zero attached hydrogens (tertiary/aromatic N) is 1. The minimum absolute atomic E-state index is 0.251. The number of carbonyl (C=O) groups excluding carboxylic acids is 1. The Labute approximate surface area is 111 Å². The molecule has 6 heteroatoms. The van der Waals surface area contributed by atoms with Crippen LogP contribution in [0, 0.1) is 6.92 Å². The molecular weight excluding hydrogens is 302 g/mol. The number of rotatable bonds is 2. The molecule has 0 spiro atoms. The highest BCUT2D eigenvalue weighted by molar-refractivity contribution is 9.10. The first-order valence-corrected chi connectivity index (χ1v) is 6.52. The SMILES string of the molecule is Cc1c(Br)cccc1NC(=O)c1csc(N)n1. The van der Waals surface area contributed by atoms with Gasteiger partial charge in [-0.25, -0.2) is 4.98 Å². The number of aromatic nitrogens is 1. The molecule has 2 rings (SSSR count). The number of hydrogen-bond acceptors (Lipinski definition) is 4. The van der Waals surface area contributed by atoms with E-state index in [0.29, 0.717) is 10.8 Å². The molecule has 0 atom stereocenters. The van der Waals surface area contributed by atoms with Crippen LogP contribution in [0.5, 0.6) is 0 Å². The maximum Gasteiger partial charge on any atom is 0.275 e. The fourth-order valence-electron chi connectivity index (χ4n) is 1.32. The Kier molecular flexibility index (Phi) is 3.44. The van der Waals surface area contributed by atoms with Gasteiger partial charge in [0.05, 0.1) is 0 Å². The summed E-state index contributed by atoms with van der Waals surface area (Å²) in [6.07, 6.45) is 0. The molecule has 1 heterocycles. The van der Waals surface area contributed by atoms with Crippen molar-refractivity contribution in [2.45, 2.75) is 6.92 Å². The van der Waals surface area contributed by atoms with Gasteiger partial charge in [-0.15, -0.1) is 11.3 Å². The quantitative estimate of drug-likeness (QED) is 0.895. The number of amides is 1. The number of benzene rings is 1. The van der Waals surface area contributed by atoms with E-state index < -0.39 is 0 Å². The van der Waals surface area contributed by atoms with Crippen molar-refractivity contribution in [2.75, 3.05) is 11.1 Å². The number of nitrogens with one attached hydrogen (secondary N) is 1. The zero-order valence-electron chi connectivity index (χ0n) is 9.03. The van der Waals surface area contributed by atoms with Gasteiger partial charge in [0.15, 0.2) is 5.13 Å². The number of nitrogens with two attached hydrogens (primary N) is 1. The zero-order chi connectivity index (χ0) is 12.4. The molecule has 2 aromatic rings. The number of carbonyl (C=O) groups is 1. The van der Waals surface area contributed by atoms with Gasteiger partial charge in [-0.1, -0.05) is 22.0 Å². The highest BCUT2D eigenvalue weighted by atomic mass is 79.9. The standard InChI is InChI=1S/C11H10BrN3OS/c1-6-7(12)3-2-4-8(6)14-10(16)9-5-17-11(13)15-9/h2-5H,1H3,(H2,13,15)(H,14,16). The molecule has 88 valence electrons. The number of hydrogen-bond donors (Lipinski definition) is 2. The summed E-state index contributed by atoms with van der Waals surface area (Å²) in [6, 6.07) is 5.63. The average molecular weight is 312 g/mol. The van der Waals surface area contributed by atoms with Crippen molar-refractivity contribution < 1.29 is 4.79 Å². The van der Waals surface area contributed by atoms with Gasteiger partial charge in [0.25, 0.3) is 5.91 Å². The van der Waals surface area contributed by atoms with E-state index in [1.165, 1.54) is 11.3 Å². The summed E-state index contributed by atoms with van der Waals surface area (Å²) >= 11 is 4.66. The first kappa shape index (κ1) is 12.1. The Morgan fingerprint density at radius 3 is 2.94 bits per heavy atom. The third-order valence-electron chi connectivity index (χ3n) is 2.27. The summed E-state index contributed by atoms with van der Waals surface area (Å²) in [4.78, 5) is 15.8. The molecule has 17 heavy (non-hydrogen) atoms. The van der Waals surface area contributed by atoms with Crippen LogP contribution in [0.2, 0.25) is 0 Å². The van der Waals surface area contributed by atoms with E-state index in [9.17, 15) is 4.79 Å². The Morgan fingerprint density at radius 2 is 2.29 bits per heavy atom. The third kappa shape index (κ3) is 2.65. The molecule has 1 amide bonds. The van der Waals surface area contributed by atoms with Gasteiger partial charge in [0.1, 0.15) is 5.69 Å². The summed E-state index contributed by atoms with van der Waals surface area (Å²) in [5, 5.41) is 4.83. The number of thiazole rings is 1. The highest BCUT2D eigenvalue weighted by Crippen LogP contribution is 2.24. The average Bonchev–Trinajstić information content (AvgIpc) is 2.72. The largest absolute Gasteiger partial charge is 0.375 e. The summed E-state index contributed by atoms with van der Waals surface area (Å²) in [7, 11) is 0. The summed E-state index contributed by atoms with van der Waals surface area (Å²) < 4.78 is 0.952. The summed E-state index contributed by atoms with van der Waals surface area (Å²) in [5.74, 6) is -0.251. The zero-order valence-corrected chi connectivity index (χ0v) is 11.4. The van der Waals surface area contributed by atoms with Crippen LogP contribution in [0.15, 0.2) is 28.1 Å². The van der Waals surface area contributed by atoms with Crippen LogP contribution in [-0.4, -0.2) is 10.9 Å². The fraction of sp³-hybridized carbons (Fsp3) is 0.0909. The van der Waals surface area contributed by atoms with E-state index >= 15 is 0 Å². The molecule has 3 N–H and O–H groups in total. The Hall–Kier alpha value is -1.40. The van der Waals surface area contributed by atoms with E-state index in [1.807, 2.05) is 25.1 Å². The molecule has 1 aromatic carbocycles. The van der Waals surface area contributed by atoms with Gasteiger partial charge >= 0.3 is 0 Å². The third-order valence-corrected chi connectivity index (χ3v) is 3.80. The molecule has 0 bridgehead atoms. The number of anilines is 2. The smallest absolute Gasteiger partial charge is 0.275 e. The highest BCUT2D eigenvalue weighted by Gasteiger charge is 2.11. The molecule has 0 aliphatic carbocycles. The van der Waals surface area contributed by atoms with E-state index in [1.54, 1.807) is 5.38 Å². The van der Waals surface area contributed by atoms with Crippen LogP contribution >= 0.6 is 27.3 Å². The van der Waals surface area contributed by atoms with Crippen LogP contribution in [0.25, 0.3) is 0 Å². The number of nitrogen functional groups attached to an aromatic ring is 1. The van der Waals surface area contributed by atoms with Gasteiger partial charge in [-0.05, 0) is 24.6 Å². The lowest BCUT2D eigenvalue weighted by Gasteiger charge is -2.08. The van der Waals surface area contributed by atoms with Crippen LogP contribution in [0.4, 0.5) is 10.8 Å². The normalized spacial score (nSPS) is 10.2. The summed E-state index contributed by atoms with van der Waals surface area (Å²) in [5.41, 5.74) is 7.56. The van der Waals surface area contributed by atoms with Crippen molar-refractivity contribution in [3.8, 4) is 0 Å². The lowest BCUT2D eigenvalue weighted by Crippen LogP contribution is -2.13. The van der Waals surface area contributed by atoms with E-state index in [0.717, 1.165) is 15.7 Å². The first-order valence-electron chi connectivity index (χ1n) is 4.85. The monoisotopic (exact) mass is 311 g/mol. The summed E-state index contributed by atoms with van der Waals surface area (Å²) in [6.45, 7) is 1.93. The lowest BCUT2D eigenvalue weighted by molar-refractivity contribution is 0.102. The van der Waals surface area contributed by atoms with Gasteiger partial charge in [0.2, 0.25) is 0 Å². The van der Waals surface area contributed by atoms with Crippen LogP contribution in [0.1, 0.15) is 16.1 Å². The van der Waals surface area contributed by atoms with Crippen molar-refractivity contribution in [1.82, 2.24) is 4.98 Å². The molecule has 0 aliphatic heterocycles. The van der Waals surface area contributed by atoms with Gasteiger partial charge in [0, 0.05) is 15.5 Å². The minimum Gasteiger partial charge on any atom is -0.375 e. The topological polar surface area (TPSA) is 68.0 Å². The Balaban J connectivity index is 2.21. The second kappa shape index (κ2) is 4.85. The predicted octanol–water partition coefficient (Wildman–Crippen LogP) is 3.05. The molecule has 0 saturated carbocycles. The van der Waals surface area contributed by atoms with Gasteiger partial charge in [-0.2, -0.15) is 0 Å². The maximum atomic E-state index is 11.9. The molecule has 0 radical (unpaired) electrons. The van der Waals surface area contributed by atoms with Gasteiger partial charge < -0.3 is 11.1 Å². The second-order valence-corrected chi connectivity index (χ2v) is 5.18. The van der Waals surface area contributed by atoms with Crippen molar-refractivity contribution in [3.63, 3.8) is 0 Å². The fourth-order valence-corrected chi connectivity index (χ4v) is 2.23.